The highest BCUT2D eigenvalue weighted by Crippen LogP contribution is 2.35. The summed E-state index contributed by atoms with van der Waals surface area (Å²) in [5.74, 6) is 2.80. The molecule has 3 aromatic rings. The largest absolute Gasteiger partial charge is 0.496 e. The number of pyridine rings is 1. The monoisotopic (exact) mass is 336 g/mol. The van der Waals surface area contributed by atoms with Crippen LogP contribution in [0.4, 0.5) is 5.82 Å². The van der Waals surface area contributed by atoms with Crippen LogP contribution in [0.15, 0.2) is 48.5 Å². The fraction of sp³-hybridized carbons (Fsp3) is 0.286. The van der Waals surface area contributed by atoms with E-state index in [4.69, 9.17) is 14.5 Å². The molecule has 0 bridgehead atoms. The van der Waals surface area contributed by atoms with Crippen molar-refractivity contribution in [3.8, 4) is 11.5 Å². The zero-order valence-electron chi connectivity index (χ0n) is 15.2. The zero-order valence-corrected chi connectivity index (χ0v) is 15.2. The van der Waals surface area contributed by atoms with Gasteiger partial charge in [-0.3, -0.25) is 0 Å². The summed E-state index contributed by atoms with van der Waals surface area (Å²) in [5, 5.41) is 4.45. The third kappa shape index (κ3) is 3.53. The first-order valence-corrected chi connectivity index (χ1v) is 8.45. The van der Waals surface area contributed by atoms with E-state index in [1.807, 2.05) is 18.2 Å². The number of aromatic nitrogens is 1. The molecule has 0 aliphatic carbocycles. The van der Waals surface area contributed by atoms with Crippen LogP contribution in [0.1, 0.15) is 24.0 Å². The van der Waals surface area contributed by atoms with Crippen LogP contribution < -0.4 is 14.8 Å². The first-order valence-electron chi connectivity index (χ1n) is 8.45. The van der Waals surface area contributed by atoms with E-state index in [-0.39, 0.29) is 0 Å². The lowest BCUT2D eigenvalue weighted by atomic mass is 10.0. The van der Waals surface area contributed by atoms with Gasteiger partial charge in [0.1, 0.15) is 22.8 Å². The molecule has 1 heterocycles. The number of benzene rings is 2. The lowest BCUT2D eigenvalue weighted by Crippen LogP contribution is -2.11. The maximum absolute atomic E-state index is 5.49. The first-order chi connectivity index (χ1) is 12.1. The molecule has 4 nitrogen and oxygen atoms in total. The van der Waals surface area contributed by atoms with Crippen LogP contribution >= 0.6 is 0 Å². The van der Waals surface area contributed by atoms with Crippen molar-refractivity contribution >= 4 is 16.7 Å². The Morgan fingerprint density at radius 1 is 1.00 bits per heavy atom. The van der Waals surface area contributed by atoms with E-state index in [2.05, 4.69) is 49.5 Å². The molecule has 0 saturated heterocycles. The molecule has 0 aliphatic rings. The van der Waals surface area contributed by atoms with Gasteiger partial charge in [-0.05, 0) is 42.2 Å². The van der Waals surface area contributed by atoms with Crippen LogP contribution in [0.3, 0.4) is 0 Å². The molecular formula is C21H24N2O2. The summed E-state index contributed by atoms with van der Waals surface area (Å²) < 4.78 is 11.0. The minimum atomic E-state index is 0.395. The lowest BCUT2D eigenvalue weighted by Gasteiger charge is -2.16. The molecule has 25 heavy (non-hydrogen) atoms. The van der Waals surface area contributed by atoms with Gasteiger partial charge in [0.05, 0.1) is 14.2 Å². The minimum Gasteiger partial charge on any atom is -0.496 e. The molecule has 0 spiro atoms. The molecule has 0 fully saturated rings. The highest BCUT2D eigenvalue weighted by molar-refractivity contribution is 5.94. The van der Waals surface area contributed by atoms with Gasteiger partial charge in [0, 0.05) is 11.9 Å². The molecule has 0 radical (unpaired) electrons. The summed E-state index contributed by atoms with van der Waals surface area (Å²) in [6.07, 6.45) is 0. The molecule has 1 N–H and O–H groups in total. The van der Waals surface area contributed by atoms with Crippen LogP contribution in [0.2, 0.25) is 0 Å². The van der Waals surface area contributed by atoms with Crippen molar-refractivity contribution < 1.29 is 9.47 Å². The van der Waals surface area contributed by atoms with Crippen molar-refractivity contribution in [3.05, 3.63) is 59.7 Å². The first kappa shape index (κ1) is 17.1. The Morgan fingerprint density at radius 2 is 1.68 bits per heavy atom. The zero-order chi connectivity index (χ0) is 17.8. The van der Waals surface area contributed by atoms with E-state index in [0.717, 1.165) is 40.3 Å². The van der Waals surface area contributed by atoms with Crippen molar-refractivity contribution in [2.75, 3.05) is 26.1 Å². The number of hydrogen-bond acceptors (Lipinski definition) is 4. The van der Waals surface area contributed by atoms with E-state index in [1.165, 1.54) is 5.56 Å². The Bertz CT molecular complexity index is 863. The summed E-state index contributed by atoms with van der Waals surface area (Å²) in [4.78, 5) is 4.76. The lowest BCUT2D eigenvalue weighted by molar-refractivity contribution is 0.409. The van der Waals surface area contributed by atoms with Gasteiger partial charge in [0.15, 0.2) is 0 Å². The fourth-order valence-electron chi connectivity index (χ4n) is 3.06. The smallest absolute Gasteiger partial charge is 0.145 e. The van der Waals surface area contributed by atoms with Crippen LogP contribution in [0.25, 0.3) is 10.9 Å². The van der Waals surface area contributed by atoms with Crippen molar-refractivity contribution in [2.45, 2.75) is 19.8 Å². The Balaban J connectivity index is 1.90. The average molecular weight is 336 g/mol. The van der Waals surface area contributed by atoms with Crippen molar-refractivity contribution in [3.63, 3.8) is 0 Å². The van der Waals surface area contributed by atoms with Gasteiger partial charge in [-0.1, -0.05) is 37.3 Å². The number of nitrogens with one attached hydrogen (secondary N) is 1. The van der Waals surface area contributed by atoms with Crippen molar-refractivity contribution in [2.24, 2.45) is 0 Å². The van der Waals surface area contributed by atoms with Gasteiger partial charge in [0.25, 0.3) is 0 Å². The molecular weight excluding hydrogens is 312 g/mol. The van der Waals surface area contributed by atoms with E-state index in [9.17, 15) is 0 Å². The predicted molar refractivity (Wildman–Crippen MR) is 103 cm³/mol. The SMILES string of the molecule is COc1ccc(OC)c2c(C)cc(NCC(C)c3ccccc3)nc12. The second-order valence-electron chi connectivity index (χ2n) is 6.21. The van der Waals surface area contributed by atoms with Gasteiger partial charge in [-0.15, -0.1) is 0 Å². The number of nitrogens with zero attached hydrogens (tertiary/aromatic N) is 1. The minimum absolute atomic E-state index is 0.395. The third-order valence-electron chi connectivity index (χ3n) is 4.48. The highest BCUT2D eigenvalue weighted by atomic mass is 16.5. The standard InChI is InChI=1S/C21H24N2O2/c1-14-12-19(22-13-15(2)16-8-6-5-7-9-16)23-21-18(25-4)11-10-17(24-3)20(14)21/h5-12,15H,13H2,1-4H3,(H,22,23). The Labute approximate surface area is 148 Å². The van der Waals surface area contributed by atoms with E-state index < -0.39 is 0 Å². The van der Waals surface area contributed by atoms with Crippen molar-refractivity contribution in [1.29, 1.82) is 0 Å². The van der Waals surface area contributed by atoms with Gasteiger partial charge in [-0.25, -0.2) is 4.98 Å². The number of fused-ring (bicyclic) bond motifs is 1. The Hall–Kier alpha value is -2.75. The van der Waals surface area contributed by atoms with E-state index >= 15 is 0 Å². The number of ether oxygens (including phenoxy) is 2. The summed E-state index contributed by atoms with van der Waals surface area (Å²) in [6.45, 7) is 5.09. The number of anilines is 1. The van der Waals surface area contributed by atoms with Crippen LogP contribution in [0, 0.1) is 6.92 Å². The van der Waals surface area contributed by atoms with Gasteiger partial charge < -0.3 is 14.8 Å². The topological polar surface area (TPSA) is 43.4 Å². The molecule has 2 aromatic carbocycles. The normalized spacial score (nSPS) is 12.0. The third-order valence-corrected chi connectivity index (χ3v) is 4.48. The number of hydrogen-bond donors (Lipinski definition) is 1. The quantitative estimate of drug-likeness (QED) is 0.704. The maximum atomic E-state index is 5.49. The molecule has 4 heteroatoms. The fourth-order valence-corrected chi connectivity index (χ4v) is 3.06. The molecule has 1 atom stereocenters. The number of rotatable bonds is 6. The molecule has 130 valence electrons. The number of methoxy groups -OCH3 is 2. The molecule has 0 saturated carbocycles. The molecule has 1 unspecified atom stereocenters. The second-order valence-corrected chi connectivity index (χ2v) is 6.21. The summed E-state index contributed by atoms with van der Waals surface area (Å²) in [6, 6.07) is 16.4. The van der Waals surface area contributed by atoms with Crippen LogP contribution in [-0.4, -0.2) is 25.7 Å². The van der Waals surface area contributed by atoms with Crippen LogP contribution in [0.5, 0.6) is 11.5 Å². The Morgan fingerprint density at radius 3 is 2.36 bits per heavy atom. The molecule has 0 amide bonds. The number of aryl methyl sites for hydroxylation is 1. The van der Waals surface area contributed by atoms with Crippen molar-refractivity contribution in [1.82, 2.24) is 4.98 Å². The summed E-state index contributed by atoms with van der Waals surface area (Å²) in [5.41, 5.74) is 3.24. The van der Waals surface area contributed by atoms with Gasteiger partial charge in [-0.2, -0.15) is 0 Å². The average Bonchev–Trinajstić information content (AvgIpc) is 2.65. The van der Waals surface area contributed by atoms with Gasteiger partial charge in [0.2, 0.25) is 0 Å². The van der Waals surface area contributed by atoms with Crippen LogP contribution in [-0.2, 0) is 0 Å². The predicted octanol–water partition coefficient (Wildman–Crippen LogP) is 4.78. The molecule has 0 aliphatic heterocycles. The maximum Gasteiger partial charge on any atom is 0.145 e. The van der Waals surface area contributed by atoms with E-state index in [1.54, 1.807) is 14.2 Å². The second kappa shape index (κ2) is 7.43. The van der Waals surface area contributed by atoms with E-state index in [0.29, 0.717) is 5.92 Å². The van der Waals surface area contributed by atoms with Gasteiger partial charge >= 0.3 is 0 Å². The summed E-state index contributed by atoms with van der Waals surface area (Å²) in [7, 11) is 3.34. The highest BCUT2D eigenvalue weighted by Gasteiger charge is 2.13. The molecule has 3 rings (SSSR count). The Kier molecular flexibility index (Phi) is 5.08. The summed E-state index contributed by atoms with van der Waals surface area (Å²) >= 11 is 0. The molecule has 1 aromatic heterocycles.